The second-order valence-electron chi connectivity index (χ2n) is 4.49. The van der Waals surface area contributed by atoms with Crippen molar-refractivity contribution in [1.29, 1.82) is 5.26 Å². The van der Waals surface area contributed by atoms with Gasteiger partial charge in [0.15, 0.2) is 11.5 Å². The van der Waals surface area contributed by atoms with Crippen molar-refractivity contribution < 1.29 is 0 Å². The van der Waals surface area contributed by atoms with Crippen molar-refractivity contribution in [2.75, 3.05) is 23.8 Å². The van der Waals surface area contributed by atoms with Crippen LogP contribution < -0.4 is 10.2 Å². The maximum atomic E-state index is 9.11. The predicted molar refractivity (Wildman–Crippen MR) is 76.8 cm³/mol. The maximum absolute atomic E-state index is 9.11. The van der Waals surface area contributed by atoms with Crippen LogP contribution in [0.25, 0.3) is 0 Å². The van der Waals surface area contributed by atoms with E-state index in [1.54, 1.807) is 17.1 Å². The standard InChI is InChI=1S/C13H17N7/c1-4-5-19(2)12-8-15-11(6-14)13(18-12)17-10-7-16-20(3)9-10/h7-9H,4-5H2,1-3H3,(H,17,18). The van der Waals surface area contributed by atoms with Crippen molar-refractivity contribution >= 4 is 17.3 Å². The lowest BCUT2D eigenvalue weighted by molar-refractivity contribution is 0.768. The fourth-order valence-corrected chi connectivity index (χ4v) is 1.81. The first-order chi connectivity index (χ1) is 9.63. The minimum atomic E-state index is 0.266. The molecule has 0 bridgehead atoms. The van der Waals surface area contributed by atoms with Crippen LogP contribution in [0.2, 0.25) is 0 Å². The molecule has 0 aliphatic carbocycles. The Morgan fingerprint density at radius 3 is 2.85 bits per heavy atom. The molecule has 1 N–H and O–H groups in total. The Morgan fingerprint density at radius 1 is 1.45 bits per heavy atom. The molecule has 0 saturated heterocycles. The second-order valence-corrected chi connectivity index (χ2v) is 4.49. The number of rotatable bonds is 5. The number of anilines is 3. The molecule has 2 aromatic rings. The quantitative estimate of drug-likeness (QED) is 0.890. The summed E-state index contributed by atoms with van der Waals surface area (Å²) < 4.78 is 1.68. The van der Waals surface area contributed by atoms with Crippen LogP contribution in [-0.4, -0.2) is 33.3 Å². The Balaban J connectivity index is 2.29. The Bertz CT molecular complexity index is 626. The highest BCUT2D eigenvalue weighted by Gasteiger charge is 2.10. The SMILES string of the molecule is CCCN(C)c1cnc(C#N)c(Nc2cnn(C)c2)n1. The van der Waals surface area contributed by atoms with Gasteiger partial charge in [-0.15, -0.1) is 0 Å². The fourth-order valence-electron chi connectivity index (χ4n) is 1.81. The summed E-state index contributed by atoms with van der Waals surface area (Å²) >= 11 is 0. The Hall–Kier alpha value is -2.62. The highest BCUT2D eigenvalue weighted by atomic mass is 15.3. The third kappa shape index (κ3) is 3.03. The fraction of sp³-hybridized carbons (Fsp3) is 0.385. The number of aryl methyl sites for hydroxylation is 1. The first kappa shape index (κ1) is 13.8. The molecule has 0 saturated carbocycles. The van der Waals surface area contributed by atoms with Gasteiger partial charge >= 0.3 is 0 Å². The number of aromatic nitrogens is 4. The van der Waals surface area contributed by atoms with E-state index in [4.69, 9.17) is 5.26 Å². The topological polar surface area (TPSA) is 82.7 Å². The highest BCUT2D eigenvalue weighted by Crippen LogP contribution is 2.19. The average Bonchev–Trinajstić information content (AvgIpc) is 2.84. The third-order valence-electron chi connectivity index (χ3n) is 2.78. The van der Waals surface area contributed by atoms with Crippen molar-refractivity contribution in [2.24, 2.45) is 7.05 Å². The van der Waals surface area contributed by atoms with E-state index in [-0.39, 0.29) is 5.69 Å². The molecular weight excluding hydrogens is 254 g/mol. The third-order valence-corrected chi connectivity index (χ3v) is 2.78. The van der Waals surface area contributed by atoms with Crippen LogP contribution in [0.4, 0.5) is 17.3 Å². The predicted octanol–water partition coefficient (Wildman–Crippen LogP) is 1.67. The summed E-state index contributed by atoms with van der Waals surface area (Å²) in [6, 6.07) is 2.04. The summed E-state index contributed by atoms with van der Waals surface area (Å²) in [6.07, 6.45) is 6.11. The molecule has 0 spiro atoms. The Kier molecular flexibility index (Phi) is 4.15. The second kappa shape index (κ2) is 6.02. The van der Waals surface area contributed by atoms with Crippen molar-refractivity contribution in [3.05, 3.63) is 24.3 Å². The highest BCUT2D eigenvalue weighted by molar-refractivity contribution is 5.61. The Labute approximate surface area is 117 Å². The normalized spacial score (nSPS) is 10.1. The van der Waals surface area contributed by atoms with Crippen LogP contribution >= 0.6 is 0 Å². The van der Waals surface area contributed by atoms with Gasteiger partial charge in [-0.05, 0) is 6.42 Å². The van der Waals surface area contributed by atoms with Crippen molar-refractivity contribution in [2.45, 2.75) is 13.3 Å². The molecule has 0 fully saturated rings. The molecule has 20 heavy (non-hydrogen) atoms. The maximum Gasteiger partial charge on any atom is 0.183 e. The van der Waals surface area contributed by atoms with Gasteiger partial charge in [-0.2, -0.15) is 10.4 Å². The monoisotopic (exact) mass is 271 g/mol. The molecule has 0 aromatic carbocycles. The number of hydrogen-bond acceptors (Lipinski definition) is 6. The molecule has 7 nitrogen and oxygen atoms in total. The molecular formula is C13H17N7. The Morgan fingerprint density at radius 2 is 2.25 bits per heavy atom. The largest absolute Gasteiger partial charge is 0.358 e. The van der Waals surface area contributed by atoms with Crippen LogP contribution in [0.5, 0.6) is 0 Å². The zero-order chi connectivity index (χ0) is 14.5. The van der Waals surface area contributed by atoms with E-state index in [0.29, 0.717) is 5.82 Å². The van der Waals surface area contributed by atoms with E-state index < -0.39 is 0 Å². The zero-order valence-electron chi connectivity index (χ0n) is 11.8. The van der Waals surface area contributed by atoms with Crippen LogP contribution in [-0.2, 0) is 7.05 Å². The van der Waals surface area contributed by atoms with Gasteiger partial charge in [0.25, 0.3) is 0 Å². The summed E-state index contributed by atoms with van der Waals surface area (Å²) in [5.74, 6) is 1.18. The molecule has 0 amide bonds. The van der Waals surface area contributed by atoms with Crippen LogP contribution in [0.3, 0.4) is 0 Å². The summed E-state index contributed by atoms with van der Waals surface area (Å²) in [5, 5.41) is 16.3. The van der Waals surface area contributed by atoms with Crippen LogP contribution in [0, 0.1) is 11.3 Å². The molecule has 7 heteroatoms. The molecule has 2 heterocycles. The van der Waals surface area contributed by atoms with E-state index in [9.17, 15) is 0 Å². The van der Waals surface area contributed by atoms with E-state index in [0.717, 1.165) is 24.5 Å². The van der Waals surface area contributed by atoms with Crippen molar-refractivity contribution in [3.8, 4) is 6.07 Å². The molecule has 0 aliphatic rings. The molecule has 104 valence electrons. The summed E-state index contributed by atoms with van der Waals surface area (Å²) in [5.41, 5.74) is 1.04. The van der Waals surface area contributed by atoms with Gasteiger partial charge in [0.05, 0.1) is 18.1 Å². The number of nitriles is 1. The molecule has 0 aliphatic heterocycles. The summed E-state index contributed by atoms with van der Waals surface area (Å²) in [6.45, 7) is 2.98. The van der Waals surface area contributed by atoms with E-state index in [2.05, 4.69) is 27.3 Å². The number of hydrogen-bond donors (Lipinski definition) is 1. The molecule has 2 aromatic heterocycles. The van der Waals surface area contributed by atoms with Gasteiger partial charge in [-0.3, -0.25) is 4.68 Å². The first-order valence-electron chi connectivity index (χ1n) is 6.38. The zero-order valence-corrected chi connectivity index (χ0v) is 11.8. The van der Waals surface area contributed by atoms with E-state index in [1.807, 2.05) is 31.3 Å². The molecule has 0 unspecified atom stereocenters. The van der Waals surface area contributed by atoms with Crippen LogP contribution in [0.15, 0.2) is 18.6 Å². The van der Waals surface area contributed by atoms with Gasteiger partial charge in [0, 0.05) is 26.8 Å². The van der Waals surface area contributed by atoms with Crippen molar-refractivity contribution in [1.82, 2.24) is 19.7 Å². The summed E-state index contributed by atoms with van der Waals surface area (Å²) in [7, 11) is 3.78. The lowest BCUT2D eigenvalue weighted by Crippen LogP contribution is -2.20. The minimum absolute atomic E-state index is 0.266. The van der Waals surface area contributed by atoms with Crippen LogP contribution in [0.1, 0.15) is 19.0 Å². The summed E-state index contributed by atoms with van der Waals surface area (Å²) in [4.78, 5) is 10.6. The molecule has 2 rings (SSSR count). The molecule has 0 atom stereocenters. The van der Waals surface area contributed by atoms with E-state index >= 15 is 0 Å². The lowest BCUT2D eigenvalue weighted by Gasteiger charge is -2.17. The van der Waals surface area contributed by atoms with Gasteiger partial charge in [0.2, 0.25) is 0 Å². The first-order valence-corrected chi connectivity index (χ1v) is 6.38. The minimum Gasteiger partial charge on any atom is -0.358 e. The number of nitrogens with one attached hydrogen (secondary N) is 1. The lowest BCUT2D eigenvalue weighted by atomic mass is 10.4. The van der Waals surface area contributed by atoms with Gasteiger partial charge in [-0.1, -0.05) is 6.92 Å². The molecule has 0 radical (unpaired) electrons. The number of nitrogens with zero attached hydrogens (tertiary/aromatic N) is 6. The average molecular weight is 271 g/mol. The van der Waals surface area contributed by atoms with E-state index in [1.165, 1.54) is 0 Å². The van der Waals surface area contributed by atoms with Gasteiger partial charge in [0.1, 0.15) is 11.9 Å². The van der Waals surface area contributed by atoms with Crippen molar-refractivity contribution in [3.63, 3.8) is 0 Å². The smallest absolute Gasteiger partial charge is 0.183 e. The van der Waals surface area contributed by atoms with Gasteiger partial charge in [-0.25, -0.2) is 9.97 Å². The van der Waals surface area contributed by atoms with Gasteiger partial charge < -0.3 is 10.2 Å².